The minimum atomic E-state index is -1.39. The summed E-state index contributed by atoms with van der Waals surface area (Å²) in [6.07, 6.45) is 0.872. The highest BCUT2D eigenvalue weighted by molar-refractivity contribution is 7.18. The summed E-state index contributed by atoms with van der Waals surface area (Å²) in [4.78, 5) is 13.6. The lowest BCUT2D eigenvalue weighted by molar-refractivity contribution is -0.123. The molecule has 3 atom stereocenters. The summed E-state index contributed by atoms with van der Waals surface area (Å²) in [5.74, 6) is -0.203. The second-order valence-electron chi connectivity index (χ2n) is 5.86. The Balaban J connectivity index is 2.19. The van der Waals surface area contributed by atoms with Gasteiger partial charge >= 0.3 is 0 Å². The number of hydrogen-bond donors (Lipinski definition) is 0. The van der Waals surface area contributed by atoms with Crippen LogP contribution in [0.1, 0.15) is 30.4 Å². The molecule has 0 aliphatic heterocycles. The standard InChI is InChI=1S/C16H20FN2OP/c1-11-3-4-12(9-18)7-15(11)19(2)10-13-8-14(20)5-6-16(13,17)21/h3-4,7,13H,5-6,8,10,21H2,1-2H3. The fourth-order valence-corrected chi connectivity index (χ4v) is 3.18. The number of hydrogen-bond acceptors (Lipinski definition) is 3. The third kappa shape index (κ3) is 3.60. The van der Waals surface area contributed by atoms with E-state index in [2.05, 4.69) is 15.3 Å². The lowest BCUT2D eigenvalue weighted by Crippen LogP contribution is -2.41. The van der Waals surface area contributed by atoms with E-state index in [1.165, 1.54) is 0 Å². The van der Waals surface area contributed by atoms with E-state index in [0.717, 1.165) is 11.3 Å². The molecule has 21 heavy (non-hydrogen) atoms. The number of carbonyl (C=O) groups excluding carboxylic acids is 1. The predicted molar refractivity (Wildman–Crippen MR) is 85.1 cm³/mol. The van der Waals surface area contributed by atoms with Crippen LogP contribution in [0.3, 0.4) is 0 Å². The molecule has 1 aliphatic carbocycles. The lowest BCUT2D eigenvalue weighted by atomic mass is 9.85. The fraction of sp³-hybridized carbons (Fsp3) is 0.500. The number of nitriles is 1. The Hall–Kier alpha value is -1.46. The molecule has 0 heterocycles. The molecular weight excluding hydrogens is 286 g/mol. The molecule has 5 heteroatoms. The number of rotatable bonds is 3. The number of nitrogens with zero attached hydrogens (tertiary/aromatic N) is 2. The maximum Gasteiger partial charge on any atom is 0.133 e. The fourth-order valence-electron chi connectivity index (χ4n) is 2.82. The zero-order valence-corrected chi connectivity index (χ0v) is 13.6. The van der Waals surface area contributed by atoms with Crippen molar-refractivity contribution in [2.75, 3.05) is 18.5 Å². The van der Waals surface area contributed by atoms with Gasteiger partial charge in [-0.2, -0.15) is 5.26 Å². The van der Waals surface area contributed by atoms with E-state index in [-0.39, 0.29) is 24.5 Å². The largest absolute Gasteiger partial charge is 0.374 e. The van der Waals surface area contributed by atoms with Crippen molar-refractivity contribution in [2.45, 2.75) is 31.6 Å². The molecule has 1 saturated carbocycles. The lowest BCUT2D eigenvalue weighted by Gasteiger charge is -2.37. The van der Waals surface area contributed by atoms with Gasteiger partial charge < -0.3 is 4.90 Å². The van der Waals surface area contributed by atoms with Gasteiger partial charge in [0.2, 0.25) is 0 Å². The average Bonchev–Trinajstić information content (AvgIpc) is 2.43. The Kier molecular flexibility index (Phi) is 4.64. The first-order valence-corrected chi connectivity index (χ1v) is 7.62. The molecule has 0 spiro atoms. The molecule has 2 rings (SSSR count). The molecule has 1 aromatic rings. The van der Waals surface area contributed by atoms with E-state index in [1.54, 1.807) is 6.07 Å². The minimum Gasteiger partial charge on any atom is -0.374 e. The molecule has 0 N–H and O–H groups in total. The van der Waals surface area contributed by atoms with Gasteiger partial charge in [-0.1, -0.05) is 15.3 Å². The molecule has 0 amide bonds. The molecule has 0 saturated heterocycles. The van der Waals surface area contributed by atoms with Crippen LogP contribution in [0.15, 0.2) is 18.2 Å². The molecule has 1 fully saturated rings. The summed E-state index contributed by atoms with van der Waals surface area (Å²) in [5, 5.41) is 7.61. The Morgan fingerprint density at radius 3 is 2.95 bits per heavy atom. The van der Waals surface area contributed by atoms with Gasteiger partial charge in [-0.05, 0) is 31.0 Å². The zero-order chi connectivity index (χ0) is 15.6. The maximum absolute atomic E-state index is 14.6. The molecular formula is C16H20FN2OP. The molecule has 0 aromatic heterocycles. The molecule has 3 unspecified atom stereocenters. The first-order chi connectivity index (χ1) is 9.83. The van der Waals surface area contributed by atoms with Gasteiger partial charge in [0.05, 0.1) is 11.6 Å². The number of carbonyl (C=O) groups is 1. The van der Waals surface area contributed by atoms with Crippen molar-refractivity contribution in [3.05, 3.63) is 29.3 Å². The first-order valence-electron chi connectivity index (χ1n) is 7.05. The Morgan fingerprint density at radius 2 is 2.29 bits per heavy atom. The number of alkyl halides is 1. The summed E-state index contributed by atoms with van der Waals surface area (Å²) in [6, 6.07) is 7.58. The highest BCUT2D eigenvalue weighted by Gasteiger charge is 2.40. The van der Waals surface area contributed by atoms with Crippen molar-refractivity contribution in [3.63, 3.8) is 0 Å². The van der Waals surface area contributed by atoms with Crippen LogP contribution in [0, 0.1) is 24.2 Å². The van der Waals surface area contributed by atoms with Crippen LogP contribution in [0.25, 0.3) is 0 Å². The summed E-state index contributed by atoms with van der Waals surface area (Å²) < 4.78 is 14.6. The van der Waals surface area contributed by atoms with Gasteiger partial charge in [0, 0.05) is 38.0 Å². The van der Waals surface area contributed by atoms with Crippen LogP contribution in [0.4, 0.5) is 10.1 Å². The number of halogens is 1. The smallest absolute Gasteiger partial charge is 0.133 e. The van der Waals surface area contributed by atoms with Crippen LogP contribution in [-0.4, -0.2) is 24.8 Å². The third-order valence-corrected chi connectivity index (χ3v) is 4.94. The van der Waals surface area contributed by atoms with Gasteiger partial charge in [0.1, 0.15) is 11.2 Å². The molecule has 112 valence electrons. The van der Waals surface area contributed by atoms with Gasteiger partial charge in [0.25, 0.3) is 0 Å². The Labute approximate surface area is 127 Å². The number of ketones is 1. The van der Waals surface area contributed by atoms with Crippen LogP contribution in [0.5, 0.6) is 0 Å². The van der Waals surface area contributed by atoms with Crippen LogP contribution in [-0.2, 0) is 4.79 Å². The number of anilines is 1. The second kappa shape index (κ2) is 6.12. The summed E-state index contributed by atoms with van der Waals surface area (Å²) >= 11 is 0. The predicted octanol–water partition coefficient (Wildman–Crippen LogP) is 3.21. The van der Waals surface area contributed by atoms with E-state index in [1.807, 2.05) is 31.0 Å². The molecule has 3 nitrogen and oxygen atoms in total. The highest BCUT2D eigenvalue weighted by Crippen LogP contribution is 2.41. The second-order valence-corrected chi connectivity index (χ2v) is 6.82. The summed E-state index contributed by atoms with van der Waals surface area (Å²) in [5.41, 5.74) is 2.53. The van der Waals surface area contributed by atoms with Gasteiger partial charge in [-0.25, -0.2) is 4.39 Å². The molecule has 1 aromatic carbocycles. The van der Waals surface area contributed by atoms with Crippen molar-refractivity contribution in [3.8, 4) is 6.07 Å². The summed E-state index contributed by atoms with van der Waals surface area (Å²) in [7, 11) is 4.16. The van der Waals surface area contributed by atoms with Crippen LogP contribution < -0.4 is 4.90 Å². The molecule has 0 radical (unpaired) electrons. The Morgan fingerprint density at radius 1 is 1.57 bits per heavy atom. The monoisotopic (exact) mass is 306 g/mol. The van der Waals surface area contributed by atoms with Gasteiger partial charge in [0.15, 0.2) is 0 Å². The molecule has 0 bridgehead atoms. The third-order valence-electron chi connectivity index (χ3n) is 4.18. The Bertz CT molecular complexity index is 594. The van der Waals surface area contributed by atoms with E-state index < -0.39 is 5.41 Å². The van der Waals surface area contributed by atoms with Crippen molar-refractivity contribution in [1.82, 2.24) is 0 Å². The van der Waals surface area contributed by atoms with Crippen molar-refractivity contribution < 1.29 is 9.18 Å². The van der Waals surface area contributed by atoms with E-state index in [0.29, 0.717) is 18.5 Å². The number of benzene rings is 1. The van der Waals surface area contributed by atoms with Crippen molar-refractivity contribution >= 4 is 20.7 Å². The SMILES string of the molecule is Cc1ccc(C#N)cc1N(C)CC1CC(=O)CCC1(F)P. The van der Waals surface area contributed by atoms with Crippen molar-refractivity contribution in [2.24, 2.45) is 5.92 Å². The average molecular weight is 306 g/mol. The van der Waals surface area contributed by atoms with Gasteiger partial charge in [-0.15, -0.1) is 0 Å². The van der Waals surface area contributed by atoms with Crippen molar-refractivity contribution in [1.29, 1.82) is 5.26 Å². The first kappa shape index (κ1) is 15.9. The molecule has 1 aliphatic rings. The highest BCUT2D eigenvalue weighted by atomic mass is 31.0. The van der Waals surface area contributed by atoms with Gasteiger partial charge in [-0.3, -0.25) is 4.79 Å². The van der Waals surface area contributed by atoms with Crippen LogP contribution >= 0.6 is 9.24 Å². The number of aryl methyl sites for hydroxylation is 1. The van der Waals surface area contributed by atoms with E-state index >= 15 is 0 Å². The van der Waals surface area contributed by atoms with E-state index in [9.17, 15) is 9.18 Å². The normalized spacial score (nSPS) is 25.5. The topological polar surface area (TPSA) is 44.1 Å². The number of Topliss-reactive ketones (excluding diaryl/α,β-unsaturated/α-hetero) is 1. The van der Waals surface area contributed by atoms with Crippen LogP contribution in [0.2, 0.25) is 0 Å². The van der Waals surface area contributed by atoms with E-state index in [4.69, 9.17) is 5.26 Å². The summed E-state index contributed by atoms with van der Waals surface area (Å²) in [6.45, 7) is 2.42. The maximum atomic E-state index is 14.6. The minimum absolute atomic E-state index is 0.131. The quantitative estimate of drug-likeness (QED) is 0.805. The zero-order valence-electron chi connectivity index (χ0n) is 12.4.